The van der Waals surface area contributed by atoms with Crippen molar-refractivity contribution < 1.29 is 15.0 Å². The maximum absolute atomic E-state index is 12.5. The van der Waals surface area contributed by atoms with Crippen LogP contribution >= 0.6 is 0 Å². The van der Waals surface area contributed by atoms with Gasteiger partial charge in [0.1, 0.15) is 0 Å². The average molecular weight is 1010 g/mol. The van der Waals surface area contributed by atoms with Gasteiger partial charge in [0, 0.05) is 6.42 Å². The lowest BCUT2D eigenvalue weighted by Gasteiger charge is -2.19. The quantitative estimate of drug-likeness (QED) is 0.0420. The van der Waals surface area contributed by atoms with Gasteiger partial charge in [-0.25, -0.2) is 0 Å². The predicted octanol–water partition coefficient (Wildman–Crippen LogP) is 20.8. The number of allylic oxidation sites excluding steroid dienone is 23. The molecule has 4 nitrogen and oxygen atoms in total. The molecule has 414 valence electrons. The van der Waals surface area contributed by atoms with Crippen molar-refractivity contribution in [3.8, 4) is 0 Å². The lowest BCUT2D eigenvalue weighted by Crippen LogP contribution is -2.45. The molecule has 0 aromatic heterocycles. The SMILES string of the molecule is CC/C=C\C/C=C\C/C=C\C/C=C\C/C=C\C/C=C\C/C=C\C/C=C\C/C=C\CCCCCC(=O)NC(CO)C(O)/C=C/CC/C=C/CC/C=C/CCCCCCCCCCCCCCCCCCCCCC. The standard InChI is InChI=1S/C69H115NO3/c1-3-5-7-9-11-13-15-17-19-21-23-25-27-29-31-33-35-37-39-41-43-45-47-49-51-53-55-57-59-61-63-65-69(73)70-67(66-71)68(72)64-62-60-58-56-54-52-50-48-46-44-42-40-38-36-34-32-30-28-26-24-22-20-18-16-14-12-10-8-6-4-2/h5,7,11,13,17,19,23,25,29,31,35,37,41,43,46-49,53-56,62,64,67-68,71-72H,3-4,6,8-10,12,14-16,18,20-22,24,26-28,30,32-34,36,38-40,42,44-45,50-52,57-61,63,65-66H2,1-2H3,(H,70,73)/b7-5-,13-11-,19-17-,25-23-,31-29-,37-35-,43-41-,48-46+,49-47-,55-53-,56-54+,64-62+. The van der Waals surface area contributed by atoms with Crippen molar-refractivity contribution >= 4 is 5.91 Å². The van der Waals surface area contributed by atoms with Crippen LogP contribution in [-0.2, 0) is 4.79 Å². The Morgan fingerprint density at radius 1 is 0.342 bits per heavy atom. The van der Waals surface area contributed by atoms with Gasteiger partial charge in [0.05, 0.1) is 18.8 Å². The lowest BCUT2D eigenvalue weighted by molar-refractivity contribution is -0.123. The molecule has 0 saturated carbocycles. The van der Waals surface area contributed by atoms with Crippen LogP contribution in [0.1, 0.15) is 264 Å². The molecular weight excluding hydrogens is 891 g/mol. The van der Waals surface area contributed by atoms with Gasteiger partial charge in [-0.15, -0.1) is 0 Å². The first kappa shape index (κ1) is 69.3. The molecule has 0 aliphatic rings. The van der Waals surface area contributed by atoms with Crippen molar-refractivity contribution in [3.63, 3.8) is 0 Å². The third-order valence-corrected chi connectivity index (χ3v) is 13.0. The Morgan fingerprint density at radius 3 is 0.959 bits per heavy atom. The van der Waals surface area contributed by atoms with E-state index in [2.05, 4.69) is 153 Å². The number of aliphatic hydroxyl groups is 2. The molecule has 73 heavy (non-hydrogen) atoms. The van der Waals surface area contributed by atoms with Crippen molar-refractivity contribution in [1.82, 2.24) is 5.32 Å². The normalized spacial score (nSPS) is 13.9. The first-order valence-corrected chi connectivity index (χ1v) is 30.5. The van der Waals surface area contributed by atoms with Crippen LogP contribution in [0.3, 0.4) is 0 Å². The number of hydrogen-bond acceptors (Lipinski definition) is 3. The molecule has 0 aliphatic carbocycles. The number of rotatable bonds is 54. The summed E-state index contributed by atoms with van der Waals surface area (Å²) in [5, 5.41) is 23.2. The van der Waals surface area contributed by atoms with Crippen LogP contribution in [0.4, 0.5) is 0 Å². The van der Waals surface area contributed by atoms with Crippen LogP contribution < -0.4 is 5.32 Å². The van der Waals surface area contributed by atoms with Crippen molar-refractivity contribution in [3.05, 3.63) is 146 Å². The van der Waals surface area contributed by atoms with E-state index in [9.17, 15) is 15.0 Å². The lowest BCUT2D eigenvalue weighted by atomic mass is 10.0. The summed E-state index contributed by atoms with van der Waals surface area (Å²) in [7, 11) is 0. The molecule has 0 bridgehead atoms. The number of unbranched alkanes of at least 4 members (excludes halogenated alkanes) is 25. The Labute approximate surface area is 453 Å². The Kier molecular flexibility index (Phi) is 59.4. The second kappa shape index (κ2) is 62.6. The van der Waals surface area contributed by atoms with Crippen LogP contribution in [0.15, 0.2) is 146 Å². The third kappa shape index (κ3) is 59.0. The number of nitrogens with one attached hydrogen (secondary N) is 1. The molecule has 0 aliphatic heterocycles. The summed E-state index contributed by atoms with van der Waals surface area (Å²) >= 11 is 0. The minimum Gasteiger partial charge on any atom is -0.394 e. The largest absolute Gasteiger partial charge is 0.394 e. The molecule has 0 aromatic carbocycles. The predicted molar refractivity (Wildman–Crippen MR) is 326 cm³/mol. The van der Waals surface area contributed by atoms with E-state index in [1.807, 2.05) is 6.08 Å². The zero-order chi connectivity index (χ0) is 52.7. The van der Waals surface area contributed by atoms with Crippen LogP contribution in [-0.4, -0.2) is 34.9 Å². The number of amides is 1. The van der Waals surface area contributed by atoms with Crippen molar-refractivity contribution in [2.45, 2.75) is 276 Å². The highest BCUT2D eigenvalue weighted by Gasteiger charge is 2.17. The highest BCUT2D eigenvalue weighted by Crippen LogP contribution is 2.16. The molecule has 4 heteroatoms. The number of carbonyl (C=O) groups excluding carboxylic acids is 1. The fourth-order valence-electron chi connectivity index (χ4n) is 8.44. The van der Waals surface area contributed by atoms with Crippen LogP contribution in [0.5, 0.6) is 0 Å². The number of hydrogen-bond donors (Lipinski definition) is 3. The van der Waals surface area contributed by atoms with E-state index in [-0.39, 0.29) is 12.5 Å². The maximum atomic E-state index is 12.5. The van der Waals surface area contributed by atoms with Crippen molar-refractivity contribution in [2.24, 2.45) is 0 Å². The summed E-state index contributed by atoms with van der Waals surface area (Å²) < 4.78 is 0. The average Bonchev–Trinajstić information content (AvgIpc) is 3.40. The highest BCUT2D eigenvalue weighted by atomic mass is 16.3. The fraction of sp³-hybridized carbons (Fsp3) is 0.638. The van der Waals surface area contributed by atoms with Gasteiger partial charge in [0.2, 0.25) is 5.91 Å². The Bertz CT molecular complexity index is 1510. The van der Waals surface area contributed by atoms with E-state index in [1.165, 1.54) is 135 Å². The summed E-state index contributed by atoms with van der Waals surface area (Å²) in [6.07, 6.45) is 98.8. The zero-order valence-corrected chi connectivity index (χ0v) is 47.6. The minimum absolute atomic E-state index is 0.115. The first-order chi connectivity index (χ1) is 36.2. The fourth-order valence-corrected chi connectivity index (χ4v) is 8.44. The number of carbonyl (C=O) groups is 1. The zero-order valence-electron chi connectivity index (χ0n) is 47.6. The Hall–Kier alpha value is -3.73. The van der Waals surface area contributed by atoms with E-state index in [0.29, 0.717) is 6.42 Å². The molecule has 3 N–H and O–H groups in total. The van der Waals surface area contributed by atoms with E-state index >= 15 is 0 Å². The molecule has 1 amide bonds. The van der Waals surface area contributed by atoms with Gasteiger partial charge in [-0.3, -0.25) is 4.79 Å². The van der Waals surface area contributed by atoms with E-state index in [1.54, 1.807) is 6.08 Å². The molecular formula is C69H115NO3. The molecule has 0 spiro atoms. The van der Waals surface area contributed by atoms with Gasteiger partial charge < -0.3 is 15.5 Å². The molecule has 0 rings (SSSR count). The molecule has 2 unspecified atom stereocenters. The maximum Gasteiger partial charge on any atom is 0.220 e. The summed E-state index contributed by atoms with van der Waals surface area (Å²) in [6, 6.07) is -0.677. The summed E-state index contributed by atoms with van der Waals surface area (Å²) in [5.41, 5.74) is 0. The Balaban J connectivity index is 3.69. The van der Waals surface area contributed by atoms with Crippen molar-refractivity contribution in [1.29, 1.82) is 0 Å². The second-order valence-electron chi connectivity index (χ2n) is 20.0. The highest BCUT2D eigenvalue weighted by molar-refractivity contribution is 5.76. The first-order valence-electron chi connectivity index (χ1n) is 30.5. The third-order valence-electron chi connectivity index (χ3n) is 13.0. The van der Waals surface area contributed by atoms with Gasteiger partial charge in [-0.05, 0) is 116 Å². The molecule has 0 radical (unpaired) electrons. The minimum atomic E-state index is -0.898. The monoisotopic (exact) mass is 1010 g/mol. The van der Waals surface area contributed by atoms with E-state index in [0.717, 1.165) is 109 Å². The van der Waals surface area contributed by atoms with Crippen LogP contribution in [0, 0.1) is 0 Å². The van der Waals surface area contributed by atoms with Gasteiger partial charge in [-0.1, -0.05) is 288 Å². The Morgan fingerprint density at radius 2 is 0.616 bits per heavy atom. The molecule has 2 atom stereocenters. The number of aliphatic hydroxyl groups excluding tert-OH is 2. The summed E-state index contributed by atoms with van der Waals surface area (Å²) in [5.74, 6) is -0.115. The topological polar surface area (TPSA) is 69.6 Å². The van der Waals surface area contributed by atoms with Gasteiger partial charge >= 0.3 is 0 Å². The molecule has 0 aromatic rings. The van der Waals surface area contributed by atoms with Gasteiger partial charge in [0.15, 0.2) is 0 Å². The molecule has 0 fully saturated rings. The molecule has 0 heterocycles. The smallest absolute Gasteiger partial charge is 0.220 e. The molecule has 0 saturated heterocycles. The van der Waals surface area contributed by atoms with E-state index in [4.69, 9.17) is 0 Å². The summed E-state index contributed by atoms with van der Waals surface area (Å²) in [4.78, 5) is 12.5. The van der Waals surface area contributed by atoms with E-state index < -0.39 is 12.1 Å². The van der Waals surface area contributed by atoms with Crippen LogP contribution in [0.2, 0.25) is 0 Å². The summed E-state index contributed by atoms with van der Waals surface area (Å²) in [6.45, 7) is 4.17. The van der Waals surface area contributed by atoms with Crippen molar-refractivity contribution in [2.75, 3.05) is 6.61 Å². The van der Waals surface area contributed by atoms with Crippen LogP contribution in [0.25, 0.3) is 0 Å². The second-order valence-corrected chi connectivity index (χ2v) is 20.0. The van der Waals surface area contributed by atoms with Gasteiger partial charge in [-0.2, -0.15) is 0 Å². The van der Waals surface area contributed by atoms with Gasteiger partial charge in [0.25, 0.3) is 0 Å².